The summed E-state index contributed by atoms with van der Waals surface area (Å²) in [7, 11) is 0. The number of nitrogens with zero attached hydrogens (tertiary/aromatic N) is 2. The van der Waals surface area contributed by atoms with E-state index in [1.807, 2.05) is 11.3 Å². The molecule has 15 aromatic rings. The molecule has 71 heavy (non-hydrogen) atoms. The molecule has 3 aromatic heterocycles. The van der Waals surface area contributed by atoms with Crippen LogP contribution in [0.25, 0.3) is 141 Å². The van der Waals surface area contributed by atoms with Gasteiger partial charge in [0.1, 0.15) is 0 Å². The van der Waals surface area contributed by atoms with Crippen LogP contribution in [0.5, 0.6) is 0 Å². The zero-order valence-electron chi connectivity index (χ0n) is 38.6. The molecule has 0 bridgehead atoms. The number of para-hydroxylation sites is 2. The lowest BCUT2D eigenvalue weighted by Gasteiger charge is -2.13. The van der Waals surface area contributed by atoms with Gasteiger partial charge in [0.25, 0.3) is 0 Å². The highest BCUT2D eigenvalue weighted by Crippen LogP contribution is 2.43. The predicted molar refractivity (Wildman–Crippen MR) is 305 cm³/mol. The van der Waals surface area contributed by atoms with Crippen LogP contribution in [0.2, 0.25) is 0 Å². The second-order valence-electron chi connectivity index (χ2n) is 18.9. The summed E-state index contributed by atoms with van der Waals surface area (Å²) in [6.45, 7) is 0. The molecule has 0 aliphatic heterocycles. The summed E-state index contributed by atoms with van der Waals surface area (Å²) in [4.78, 5) is 0. The average molecular weight is 919 g/mol. The summed E-state index contributed by atoms with van der Waals surface area (Å²) in [6, 6.07) is 94.3. The maximum Gasteiger partial charge on any atom is 0.0619 e. The molecule has 0 N–H and O–H groups in total. The van der Waals surface area contributed by atoms with E-state index in [2.05, 4.69) is 264 Å². The van der Waals surface area contributed by atoms with E-state index in [0.717, 1.165) is 11.4 Å². The van der Waals surface area contributed by atoms with Gasteiger partial charge in [0, 0.05) is 58.5 Å². The summed E-state index contributed by atoms with van der Waals surface area (Å²) in [5.41, 5.74) is 17.0. The second-order valence-corrected chi connectivity index (χ2v) is 20.0. The van der Waals surface area contributed by atoms with E-state index in [0.29, 0.717) is 0 Å². The molecule has 0 aliphatic carbocycles. The fraction of sp³-hybridized carbons (Fsp3) is 0. The molecule has 12 aromatic carbocycles. The van der Waals surface area contributed by atoms with Crippen molar-refractivity contribution < 1.29 is 0 Å². The third-order valence-electron chi connectivity index (χ3n) is 14.9. The predicted octanol–water partition coefficient (Wildman–Crippen LogP) is 19.2. The van der Waals surface area contributed by atoms with Gasteiger partial charge in [0.05, 0.1) is 22.1 Å². The standard InChI is InChI=1S/C68H42N2S/c1-3-12-43(13-4-1)45-22-29-54(30-23-45)70-64-21-10-7-18-56(64)58-32-25-52-37-53-38-55(31-24-51(53)39-59(52)68(58)70)69-63-20-9-8-19-57(63)60-40-48(26-33-65(60)69)50-28-35-67-62(42-50)61-41-49(27-34-66(61)71-67)47-17-11-16-46(36-47)44-14-5-2-6-15-44/h1-42H. The van der Waals surface area contributed by atoms with Gasteiger partial charge in [0.2, 0.25) is 0 Å². The van der Waals surface area contributed by atoms with E-state index in [1.165, 1.54) is 130 Å². The quantitative estimate of drug-likeness (QED) is 0.147. The molecule has 3 heteroatoms. The molecule has 0 spiro atoms. The molecule has 0 saturated carbocycles. The lowest BCUT2D eigenvalue weighted by Crippen LogP contribution is -1.95. The highest BCUT2D eigenvalue weighted by Gasteiger charge is 2.18. The summed E-state index contributed by atoms with van der Waals surface area (Å²) in [6.07, 6.45) is 0. The zero-order chi connectivity index (χ0) is 46.6. The molecule has 330 valence electrons. The molecule has 0 radical (unpaired) electrons. The van der Waals surface area contributed by atoms with Gasteiger partial charge in [-0.2, -0.15) is 0 Å². The lowest BCUT2D eigenvalue weighted by molar-refractivity contribution is 1.18. The van der Waals surface area contributed by atoms with Crippen molar-refractivity contribution in [2.75, 3.05) is 0 Å². The van der Waals surface area contributed by atoms with Crippen LogP contribution in [0, 0.1) is 0 Å². The molecule has 0 saturated heterocycles. The maximum atomic E-state index is 2.46. The Balaban J connectivity index is 0.823. The monoisotopic (exact) mass is 918 g/mol. The van der Waals surface area contributed by atoms with E-state index >= 15 is 0 Å². The Bertz CT molecular complexity index is 4610. The third kappa shape index (κ3) is 6.41. The second kappa shape index (κ2) is 15.8. The average Bonchev–Trinajstić information content (AvgIpc) is 4.10. The largest absolute Gasteiger partial charge is 0.309 e. The lowest BCUT2D eigenvalue weighted by atomic mass is 9.97. The van der Waals surface area contributed by atoms with Crippen molar-refractivity contribution in [1.82, 2.24) is 9.13 Å². The molecular formula is C68H42N2S. The first-order chi connectivity index (χ1) is 35.2. The third-order valence-corrected chi connectivity index (χ3v) is 16.0. The molecule has 0 unspecified atom stereocenters. The van der Waals surface area contributed by atoms with E-state index in [9.17, 15) is 0 Å². The van der Waals surface area contributed by atoms with Crippen molar-refractivity contribution in [2.45, 2.75) is 0 Å². The molecule has 15 rings (SSSR count). The first-order valence-corrected chi connectivity index (χ1v) is 25.2. The van der Waals surface area contributed by atoms with Crippen LogP contribution in [-0.2, 0) is 0 Å². The van der Waals surface area contributed by atoms with Crippen LogP contribution in [-0.4, -0.2) is 9.13 Å². The highest BCUT2D eigenvalue weighted by molar-refractivity contribution is 7.25. The minimum Gasteiger partial charge on any atom is -0.309 e. The first-order valence-electron chi connectivity index (χ1n) is 24.4. The topological polar surface area (TPSA) is 9.86 Å². The van der Waals surface area contributed by atoms with E-state index in [-0.39, 0.29) is 0 Å². The molecule has 0 fully saturated rings. The number of aromatic nitrogens is 2. The summed E-state index contributed by atoms with van der Waals surface area (Å²) < 4.78 is 7.52. The number of thiophene rings is 1. The van der Waals surface area contributed by atoms with E-state index < -0.39 is 0 Å². The van der Waals surface area contributed by atoms with Crippen molar-refractivity contribution in [3.05, 3.63) is 255 Å². The van der Waals surface area contributed by atoms with Crippen LogP contribution in [0.1, 0.15) is 0 Å². The summed E-state index contributed by atoms with van der Waals surface area (Å²) in [5, 5.41) is 12.5. The Morgan fingerprint density at radius 3 is 1.42 bits per heavy atom. The number of hydrogen-bond donors (Lipinski definition) is 0. The van der Waals surface area contributed by atoms with Crippen LogP contribution < -0.4 is 0 Å². The van der Waals surface area contributed by atoms with Gasteiger partial charge < -0.3 is 9.13 Å². The Morgan fingerprint density at radius 2 is 0.718 bits per heavy atom. The molecule has 0 aliphatic rings. The van der Waals surface area contributed by atoms with Gasteiger partial charge in [-0.05, 0) is 152 Å². The zero-order valence-corrected chi connectivity index (χ0v) is 39.4. The Morgan fingerprint density at radius 1 is 0.225 bits per heavy atom. The van der Waals surface area contributed by atoms with Gasteiger partial charge in [0.15, 0.2) is 0 Å². The number of hydrogen-bond acceptors (Lipinski definition) is 1. The fourth-order valence-corrected chi connectivity index (χ4v) is 12.5. The van der Waals surface area contributed by atoms with E-state index in [1.54, 1.807) is 0 Å². The van der Waals surface area contributed by atoms with Crippen LogP contribution in [0.15, 0.2) is 255 Å². The first kappa shape index (κ1) is 39.9. The van der Waals surface area contributed by atoms with Crippen LogP contribution >= 0.6 is 11.3 Å². The van der Waals surface area contributed by atoms with Gasteiger partial charge in [-0.15, -0.1) is 11.3 Å². The summed E-state index contributed by atoms with van der Waals surface area (Å²) in [5.74, 6) is 0. The van der Waals surface area contributed by atoms with Crippen molar-refractivity contribution in [3.63, 3.8) is 0 Å². The van der Waals surface area contributed by atoms with Gasteiger partial charge in [-0.1, -0.05) is 164 Å². The normalized spacial score (nSPS) is 11.9. The Labute approximate surface area is 414 Å². The van der Waals surface area contributed by atoms with Gasteiger partial charge in [-0.3, -0.25) is 0 Å². The molecule has 0 atom stereocenters. The number of fused-ring (bicyclic) bond motifs is 12. The fourth-order valence-electron chi connectivity index (χ4n) is 11.4. The summed E-state index contributed by atoms with van der Waals surface area (Å²) >= 11 is 1.87. The van der Waals surface area contributed by atoms with Crippen LogP contribution in [0.3, 0.4) is 0 Å². The highest BCUT2D eigenvalue weighted by atomic mass is 32.1. The van der Waals surface area contributed by atoms with E-state index in [4.69, 9.17) is 0 Å². The minimum atomic E-state index is 1.15. The molecule has 2 nitrogen and oxygen atoms in total. The molecule has 3 heterocycles. The Hall–Kier alpha value is -9.02. The van der Waals surface area contributed by atoms with Gasteiger partial charge >= 0.3 is 0 Å². The van der Waals surface area contributed by atoms with Crippen molar-refractivity contribution in [1.29, 1.82) is 0 Å². The SMILES string of the molecule is c1ccc(-c2ccc(-n3c4ccccc4c4ccc5cc6cc(-n7c8ccccc8c8cc(-c9ccc%10sc%11ccc(-c%12cccc(-c%13ccccc%13)c%12)cc%11c%10c9)ccc87)ccc6cc5c43)cc2)cc1. The molecule has 0 amide bonds. The van der Waals surface area contributed by atoms with Crippen molar-refractivity contribution in [3.8, 4) is 55.9 Å². The number of benzene rings is 12. The minimum absolute atomic E-state index is 1.15. The van der Waals surface area contributed by atoms with Gasteiger partial charge in [-0.25, -0.2) is 0 Å². The smallest absolute Gasteiger partial charge is 0.0619 e. The molecular weight excluding hydrogens is 877 g/mol. The Kier molecular flexibility index (Phi) is 8.86. The van der Waals surface area contributed by atoms with Crippen molar-refractivity contribution in [2.24, 2.45) is 0 Å². The van der Waals surface area contributed by atoms with Crippen molar-refractivity contribution >= 4 is 96.7 Å². The van der Waals surface area contributed by atoms with Crippen LogP contribution in [0.4, 0.5) is 0 Å². The maximum absolute atomic E-state index is 2.46. The number of rotatable bonds is 6.